The number of hydrogen-bond donors (Lipinski definition) is 0. The highest BCUT2D eigenvalue weighted by molar-refractivity contribution is 5.85. The van der Waals surface area contributed by atoms with Crippen molar-refractivity contribution < 1.29 is 14.3 Å². The maximum absolute atomic E-state index is 11.6. The van der Waals surface area contributed by atoms with Gasteiger partial charge in [-0.1, -0.05) is 6.07 Å². The van der Waals surface area contributed by atoms with Crippen LogP contribution in [-0.4, -0.2) is 31.8 Å². The van der Waals surface area contributed by atoms with Gasteiger partial charge >= 0.3 is 5.97 Å². The lowest BCUT2D eigenvalue weighted by molar-refractivity contribution is -0.141. The zero-order chi connectivity index (χ0) is 19.2. The summed E-state index contributed by atoms with van der Waals surface area (Å²) < 4.78 is 12.3. The molecule has 0 aliphatic carbocycles. The summed E-state index contributed by atoms with van der Waals surface area (Å²) >= 11 is 0. The van der Waals surface area contributed by atoms with E-state index in [4.69, 9.17) is 9.47 Å². The van der Waals surface area contributed by atoms with Gasteiger partial charge in [0.2, 0.25) is 5.88 Å². The summed E-state index contributed by atoms with van der Waals surface area (Å²) in [5.41, 5.74) is 1.81. The molecule has 3 rings (SSSR count). The van der Waals surface area contributed by atoms with E-state index in [-0.39, 0.29) is 6.10 Å². The van der Waals surface area contributed by atoms with Crippen LogP contribution in [0.3, 0.4) is 0 Å². The Bertz CT molecular complexity index is 949. The maximum Gasteiger partial charge on any atom is 0.332 e. The molecule has 0 radical (unpaired) electrons. The zero-order valence-corrected chi connectivity index (χ0v) is 15.4. The molecule has 0 bridgehead atoms. The topological polar surface area (TPSA) is 79.1 Å². The second kappa shape index (κ2) is 8.27. The Hall–Kier alpha value is -3.48. The molecule has 0 saturated heterocycles. The van der Waals surface area contributed by atoms with Crippen LogP contribution in [0.5, 0.6) is 11.6 Å². The van der Waals surface area contributed by atoms with Crippen molar-refractivity contribution in [3.8, 4) is 23.0 Å². The van der Waals surface area contributed by atoms with Crippen molar-refractivity contribution >= 4 is 12.2 Å². The minimum Gasteiger partial charge on any atom is -0.460 e. The van der Waals surface area contributed by atoms with Crippen LogP contribution >= 0.6 is 0 Å². The van der Waals surface area contributed by atoms with Crippen molar-refractivity contribution in [2.24, 2.45) is 0 Å². The molecular formula is C20H20N4O3. The van der Waals surface area contributed by atoms with Gasteiger partial charge in [-0.15, -0.1) is 5.10 Å². The average molecular weight is 364 g/mol. The third-order valence-corrected chi connectivity index (χ3v) is 3.39. The molecule has 0 fully saturated rings. The number of aryl methyl sites for hydroxylation is 1. The molecule has 0 aliphatic rings. The monoisotopic (exact) mass is 364 g/mol. The molecule has 0 unspecified atom stereocenters. The predicted molar refractivity (Wildman–Crippen MR) is 101 cm³/mol. The maximum atomic E-state index is 11.6. The number of carbonyl (C=O) groups excluding carboxylic acids is 1. The Morgan fingerprint density at radius 3 is 2.78 bits per heavy atom. The first-order valence-electron chi connectivity index (χ1n) is 8.50. The lowest BCUT2D eigenvalue weighted by Gasteiger charge is -2.07. The van der Waals surface area contributed by atoms with E-state index in [9.17, 15) is 4.79 Å². The van der Waals surface area contributed by atoms with Crippen molar-refractivity contribution in [3.63, 3.8) is 0 Å². The molecule has 0 aliphatic heterocycles. The number of aromatic nitrogens is 4. The predicted octanol–water partition coefficient (Wildman–Crippen LogP) is 3.86. The molecule has 0 atom stereocenters. The Kier molecular flexibility index (Phi) is 5.61. The fourth-order valence-corrected chi connectivity index (χ4v) is 2.35. The van der Waals surface area contributed by atoms with Gasteiger partial charge in [-0.3, -0.25) is 0 Å². The molecule has 27 heavy (non-hydrogen) atoms. The van der Waals surface area contributed by atoms with E-state index >= 15 is 0 Å². The number of hydrogen-bond acceptors (Lipinski definition) is 6. The largest absolute Gasteiger partial charge is 0.460 e. The summed E-state index contributed by atoms with van der Waals surface area (Å²) in [6.07, 6.45) is 5.84. The highest BCUT2D eigenvalue weighted by Gasteiger charge is 2.08. The first-order valence-corrected chi connectivity index (χ1v) is 8.50. The molecule has 138 valence electrons. The van der Waals surface area contributed by atoms with Crippen molar-refractivity contribution in [3.05, 3.63) is 60.6 Å². The quantitative estimate of drug-likeness (QED) is 0.488. The van der Waals surface area contributed by atoms with Crippen LogP contribution in [0, 0.1) is 6.92 Å². The smallest absolute Gasteiger partial charge is 0.332 e. The van der Waals surface area contributed by atoms with Crippen LogP contribution in [0.15, 0.2) is 55.0 Å². The zero-order valence-electron chi connectivity index (χ0n) is 15.4. The van der Waals surface area contributed by atoms with E-state index in [2.05, 4.69) is 15.1 Å². The van der Waals surface area contributed by atoms with Gasteiger partial charge in [0.1, 0.15) is 12.1 Å². The van der Waals surface area contributed by atoms with Gasteiger partial charge in [0.25, 0.3) is 0 Å². The molecule has 7 heteroatoms. The number of nitrogens with zero attached hydrogens (tertiary/aromatic N) is 4. The molecule has 3 aromatic rings. The molecule has 0 amide bonds. The second-order valence-corrected chi connectivity index (χ2v) is 6.15. The molecule has 0 N–H and O–H groups in total. The first-order chi connectivity index (χ1) is 13.0. The SMILES string of the molecule is Cc1cc(Oc2ccccn2)cc(-c2ncn(/C=C\C(=O)OC(C)C)n2)c1. The van der Waals surface area contributed by atoms with Gasteiger partial charge in [-0.25, -0.2) is 19.4 Å². The van der Waals surface area contributed by atoms with E-state index in [1.165, 1.54) is 23.3 Å². The third-order valence-electron chi connectivity index (χ3n) is 3.39. The van der Waals surface area contributed by atoms with Crippen LogP contribution in [0.25, 0.3) is 17.6 Å². The fraction of sp³-hybridized carbons (Fsp3) is 0.200. The first kappa shape index (κ1) is 18.3. The Morgan fingerprint density at radius 2 is 2.04 bits per heavy atom. The van der Waals surface area contributed by atoms with Crippen LogP contribution in [-0.2, 0) is 9.53 Å². The summed E-state index contributed by atoms with van der Waals surface area (Å²) in [7, 11) is 0. The fourth-order valence-electron chi connectivity index (χ4n) is 2.35. The Morgan fingerprint density at radius 1 is 1.19 bits per heavy atom. The molecule has 0 saturated carbocycles. The van der Waals surface area contributed by atoms with E-state index in [0.717, 1.165) is 11.1 Å². The minimum absolute atomic E-state index is 0.168. The summed E-state index contributed by atoms with van der Waals surface area (Å²) in [5, 5.41) is 4.36. The number of carbonyl (C=O) groups is 1. The molecule has 0 spiro atoms. The molecule has 7 nitrogen and oxygen atoms in total. The van der Waals surface area contributed by atoms with Crippen LogP contribution in [0.2, 0.25) is 0 Å². The number of esters is 1. The van der Waals surface area contributed by atoms with Crippen molar-refractivity contribution in [2.45, 2.75) is 26.9 Å². The Balaban J connectivity index is 1.78. The van der Waals surface area contributed by atoms with Gasteiger partial charge in [0, 0.05) is 30.1 Å². The van der Waals surface area contributed by atoms with Gasteiger partial charge in [0.15, 0.2) is 5.82 Å². The van der Waals surface area contributed by atoms with Crippen LogP contribution in [0.1, 0.15) is 19.4 Å². The molecule has 2 heterocycles. The third kappa shape index (κ3) is 5.24. The minimum atomic E-state index is -0.427. The summed E-state index contributed by atoms with van der Waals surface area (Å²) in [6.45, 7) is 5.55. The standard InChI is InChI=1S/C20H20N4O3/c1-14(2)26-19(25)7-9-24-13-22-20(23-24)16-10-15(3)11-17(12-16)27-18-6-4-5-8-21-18/h4-14H,1-3H3/b9-7-. The summed E-state index contributed by atoms with van der Waals surface area (Å²) in [5.74, 6) is 1.25. The van der Waals surface area contributed by atoms with Crippen LogP contribution < -0.4 is 4.74 Å². The van der Waals surface area contributed by atoms with Gasteiger partial charge in [0.05, 0.1) is 6.10 Å². The summed E-state index contributed by atoms with van der Waals surface area (Å²) in [6, 6.07) is 11.2. The van der Waals surface area contributed by atoms with Gasteiger partial charge in [-0.05, 0) is 50.6 Å². The lowest BCUT2D eigenvalue weighted by atomic mass is 10.1. The number of rotatable bonds is 6. The van der Waals surface area contributed by atoms with Crippen molar-refractivity contribution in [2.75, 3.05) is 0 Å². The van der Waals surface area contributed by atoms with E-state index < -0.39 is 5.97 Å². The Labute approximate surface area is 157 Å². The number of benzene rings is 1. The molecular weight excluding hydrogens is 344 g/mol. The lowest BCUT2D eigenvalue weighted by Crippen LogP contribution is -2.08. The molecule has 1 aromatic carbocycles. The van der Waals surface area contributed by atoms with E-state index in [1.807, 2.05) is 37.3 Å². The molecule has 2 aromatic heterocycles. The van der Waals surface area contributed by atoms with Crippen LogP contribution in [0.4, 0.5) is 0 Å². The van der Waals surface area contributed by atoms with Gasteiger partial charge < -0.3 is 9.47 Å². The van der Waals surface area contributed by atoms with Gasteiger partial charge in [-0.2, -0.15) is 0 Å². The highest BCUT2D eigenvalue weighted by atomic mass is 16.5. The second-order valence-electron chi connectivity index (χ2n) is 6.15. The normalized spacial score (nSPS) is 11.1. The van der Waals surface area contributed by atoms with E-state index in [1.54, 1.807) is 26.1 Å². The number of ether oxygens (including phenoxy) is 2. The van der Waals surface area contributed by atoms with E-state index in [0.29, 0.717) is 17.5 Å². The summed E-state index contributed by atoms with van der Waals surface area (Å²) in [4.78, 5) is 20.0. The van der Waals surface area contributed by atoms with Crippen molar-refractivity contribution in [1.82, 2.24) is 19.7 Å². The van der Waals surface area contributed by atoms with Crippen molar-refractivity contribution in [1.29, 1.82) is 0 Å². The number of pyridine rings is 1. The highest BCUT2D eigenvalue weighted by Crippen LogP contribution is 2.26. The average Bonchev–Trinajstić information content (AvgIpc) is 3.09.